The molecule has 1 aliphatic heterocycles. The van der Waals surface area contributed by atoms with Crippen LogP contribution in [-0.4, -0.2) is 17.1 Å². The quantitative estimate of drug-likeness (QED) is 0.399. The summed E-state index contributed by atoms with van der Waals surface area (Å²) in [6, 6.07) is 20.2. The molecule has 0 saturated carbocycles. The van der Waals surface area contributed by atoms with Crippen LogP contribution in [0.3, 0.4) is 0 Å². The number of hydrogen-bond donors (Lipinski definition) is 1. The third-order valence-corrected chi connectivity index (χ3v) is 6.65. The van der Waals surface area contributed by atoms with Gasteiger partial charge in [-0.3, -0.25) is 14.5 Å². The molecule has 3 aromatic rings. The highest BCUT2D eigenvalue weighted by Crippen LogP contribution is 2.42. The van der Waals surface area contributed by atoms with Gasteiger partial charge in [0.25, 0.3) is 5.91 Å². The number of amides is 2. The molecular formula is C25H20ClN3O3S. The summed E-state index contributed by atoms with van der Waals surface area (Å²) >= 11 is 7.21. The van der Waals surface area contributed by atoms with E-state index in [0.717, 1.165) is 11.1 Å². The van der Waals surface area contributed by atoms with E-state index in [1.165, 1.54) is 22.9 Å². The topological polar surface area (TPSA) is 86.3 Å². The fourth-order valence-corrected chi connectivity index (χ4v) is 4.85. The Morgan fingerprint density at radius 2 is 1.91 bits per heavy atom. The summed E-state index contributed by atoms with van der Waals surface area (Å²) in [5.74, 6) is -0.175. The first kappa shape index (κ1) is 22.7. The van der Waals surface area contributed by atoms with E-state index in [-0.39, 0.29) is 18.0 Å². The predicted octanol–water partition coefficient (Wildman–Crippen LogP) is 4.98. The third kappa shape index (κ3) is 5.14. The number of rotatable bonds is 6. The van der Waals surface area contributed by atoms with E-state index >= 15 is 0 Å². The van der Waals surface area contributed by atoms with Crippen LogP contribution in [0.5, 0.6) is 0 Å². The lowest BCUT2D eigenvalue weighted by Gasteiger charge is -2.19. The molecule has 0 bridgehead atoms. The largest absolute Gasteiger partial charge is 0.467 e. The zero-order valence-corrected chi connectivity index (χ0v) is 19.3. The number of thioether (sulfide) groups is 1. The molecule has 1 atom stereocenters. The Hall–Kier alpha value is -3.47. The molecule has 166 valence electrons. The molecule has 0 radical (unpaired) electrons. The molecule has 0 spiro atoms. The van der Waals surface area contributed by atoms with Gasteiger partial charge in [0.05, 0.1) is 18.1 Å². The summed E-state index contributed by atoms with van der Waals surface area (Å²) in [5, 5.41) is 13.0. The second-order valence-corrected chi connectivity index (χ2v) is 9.13. The van der Waals surface area contributed by atoms with E-state index in [1.54, 1.807) is 24.3 Å². The van der Waals surface area contributed by atoms with Crippen molar-refractivity contribution in [3.8, 4) is 6.07 Å². The highest BCUT2D eigenvalue weighted by molar-refractivity contribution is 8.05. The van der Waals surface area contributed by atoms with E-state index in [9.17, 15) is 14.9 Å². The number of aryl methyl sites for hydroxylation is 1. The maximum atomic E-state index is 13.4. The Bertz CT molecular complexity index is 1230. The molecule has 8 heteroatoms. The van der Waals surface area contributed by atoms with Crippen LogP contribution in [0.2, 0.25) is 5.02 Å². The van der Waals surface area contributed by atoms with Crippen LogP contribution in [0.4, 0.5) is 5.69 Å². The molecule has 1 fully saturated rings. The van der Waals surface area contributed by atoms with Gasteiger partial charge in [-0.2, -0.15) is 5.26 Å². The summed E-state index contributed by atoms with van der Waals surface area (Å²) in [4.78, 5) is 27.8. The Labute approximate surface area is 200 Å². The Kier molecular flexibility index (Phi) is 6.87. The number of hydrogen-bond acceptors (Lipinski definition) is 5. The van der Waals surface area contributed by atoms with Gasteiger partial charge in [-0.1, -0.05) is 53.2 Å². The van der Waals surface area contributed by atoms with Gasteiger partial charge in [0.15, 0.2) is 0 Å². The van der Waals surface area contributed by atoms with Crippen LogP contribution >= 0.6 is 23.4 Å². The van der Waals surface area contributed by atoms with Crippen LogP contribution in [0.15, 0.2) is 81.9 Å². The molecule has 0 aliphatic carbocycles. The predicted molar refractivity (Wildman–Crippen MR) is 128 cm³/mol. The minimum Gasteiger partial charge on any atom is -0.467 e. The van der Waals surface area contributed by atoms with Crippen LogP contribution in [0.1, 0.15) is 16.9 Å². The lowest BCUT2D eigenvalue weighted by Crippen LogP contribution is -2.32. The number of nitrogens with one attached hydrogen (secondary N) is 1. The van der Waals surface area contributed by atoms with E-state index in [4.69, 9.17) is 16.0 Å². The van der Waals surface area contributed by atoms with Crippen molar-refractivity contribution in [3.63, 3.8) is 0 Å². The molecule has 2 heterocycles. The van der Waals surface area contributed by atoms with Gasteiger partial charge in [0, 0.05) is 10.7 Å². The van der Waals surface area contributed by atoms with Gasteiger partial charge in [0.2, 0.25) is 5.91 Å². The van der Waals surface area contributed by atoms with Crippen LogP contribution in [-0.2, 0) is 22.6 Å². The fourth-order valence-electron chi connectivity index (χ4n) is 3.42. The van der Waals surface area contributed by atoms with Crippen molar-refractivity contribution in [2.24, 2.45) is 0 Å². The van der Waals surface area contributed by atoms with Gasteiger partial charge >= 0.3 is 0 Å². The van der Waals surface area contributed by atoms with E-state index in [1.807, 2.05) is 49.4 Å². The average Bonchev–Trinajstić information content (AvgIpc) is 3.44. The number of furan rings is 1. The Balaban J connectivity index is 1.67. The summed E-state index contributed by atoms with van der Waals surface area (Å²) in [6.07, 6.45) is 1.95. The van der Waals surface area contributed by atoms with Crippen molar-refractivity contribution in [2.75, 3.05) is 4.90 Å². The van der Waals surface area contributed by atoms with Gasteiger partial charge in [-0.25, -0.2) is 0 Å². The van der Waals surface area contributed by atoms with E-state index in [0.29, 0.717) is 27.9 Å². The number of nitriles is 1. The number of nitrogens with zero attached hydrogens (tertiary/aromatic N) is 2. The average molecular weight is 478 g/mol. The molecule has 33 heavy (non-hydrogen) atoms. The molecule has 1 saturated heterocycles. The first-order valence-corrected chi connectivity index (χ1v) is 11.5. The molecule has 0 unspecified atom stereocenters. The molecule has 4 rings (SSSR count). The van der Waals surface area contributed by atoms with Crippen molar-refractivity contribution in [2.45, 2.75) is 25.1 Å². The first-order chi connectivity index (χ1) is 16.0. The monoisotopic (exact) mass is 477 g/mol. The van der Waals surface area contributed by atoms with Crippen LogP contribution in [0.25, 0.3) is 0 Å². The summed E-state index contributed by atoms with van der Waals surface area (Å²) in [7, 11) is 0. The molecule has 2 amide bonds. The summed E-state index contributed by atoms with van der Waals surface area (Å²) in [6.45, 7) is 2.09. The van der Waals surface area contributed by atoms with Crippen LogP contribution < -0.4 is 10.2 Å². The van der Waals surface area contributed by atoms with Crippen molar-refractivity contribution in [3.05, 3.63) is 99.4 Å². The van der Waals surface area contributed by atoms with E-state index < -0.39 is 11.2 Å². The number of anilines is 1. The zero-order valence-electron chi connectivity index (χ0n) is 17.7. The number of halogens is 1. The van der Waals surface area contributed by atoms with Gasteiger partial charge < -0.3 is 9.73 Å². The maximum absolute atomic E-state index is 13.4. The SMILES string of the molecule is Cc1ccc(N2C(=O)[C@H](Cc3ccc(Cl)cc3)S/C2=C(/C#N)C(=O)NCc2ccco2)cc1. The molecule has 6 nitrogen and oxygen atoms in total. The molecule has 1 N–H and O–H groups in total. The summed E-state index contributed by atoms with van der Waals surface area (Å²) in [5.41, 5.74) is 2.48. The first-order valence-electron chi connectivity index (χ1n) is 10.2. The lowest BCUT2D eigenvalue weighted by atomic mass is 10.1. The van der Waals surface area contributed by atoms with Gasteiger partial charge in [-0.15, -0.1) is 0 Å². The van der Waals surface area contributed by atoms with Crippen molar-refractivity contribution < 1.29 is 14.0 Å². The minimum atomic E-state index is -0.562. The molecule has 1 aliphatic rings. The van der Waals surface area contributed by atoms with Crippen molar-refractivity contribution in [1.82, 2.24) is 5.32 Å². The molecular weight excluding hydrogens is 458 g/mol. The second kappa shape index (κ2) is 9.99. The highest BCUT2D eigenvalue weighted by atomic mass is 35.5. The Morgan fingerprint density at radius 3 is 2.55 bits per heavy atom. The fraction of sp³-hybridized carbons (Fsp3) is 0.160. The molecule has 1 aromatic heterocycles. The smallest absolute Gasteiger partial charge is 0.265 e. The normalized spacial score (nSPS) is 17.1. The minimum absolute atomic E-state index is 0.112. The van der Waals surface area contributed by atoms with Crippen molar-refractivity contribution >= 4 is 40.9 Å². The zero-order chi connectivity index (χ0) is 23.4. The number of carbonyl (C=O) groups is 2. The molecule has 2 aromatic carbocycles. The standard InChI is InChI=1S/C25H20ClN3O3S/c1-16-4-10-19(11-5-16)29-24(31)22(13-17-6-8-18(26)9-7-17)33-25(29)21(14-27)23(30)28-15-20-3-2-12-32-20/h2-12,22H,13,15H2,1H3,(H,28,30)/b25-21-/t22-/m0/s1. The lowest BCUT2D eigenvalue weighted by molar-refractivity contribution is -0.117. The van der Waals surface area contributed by atoms with Gasteiger partial charge in [0.1, 0.15) is 22.4 Å². The maximum Gasteiger partial charge on any atom is 0.265 e. The Morgan fingerprint density at radius 1 is 1.18 bits per heavy atom. The van der Waals surface area contributed by atoms with E-state index in [2.05, 4.69) is 5.32 Å². The second-order valence-electron chi connectivity index (χ2n) is 7.50. The third-order valence-electron chi connectivity index (χ3n) is 5.14. The summed E-state index contributed by atoms with van der Waals surface area (Å²) < 4.78 is 5.24. The van der Waals surface area contributed by atoms with Crippen molar-refractivity contribution in [1.29, 1.82) is 5.26 Å². The number of benzene rings is 2. The number of carbonyl (C=O) groups excluding carboxylic acids is 2. The highest BCUT2D eigenvalue weighted by Gasteiger charge is 2.40. The van der Waals surface area contributed by atoms with Crippen LogP contribution in [0, 0.1) is 18.3 Å². The van der Waals surface area contributed by atoms with Gasteiger partial charge in [-0.05, 0) is 55.3 Å².